The lowest BCUT2D eigenvalue weighted by Gasteiger charge is -2.36. The van der Waals surface area contributed by atoms with E-state index >= 15 is 0 Å². The second-order valence-electron chi connectivity index (χ2n) is 6.10. The molecule has 2 aliphatic rings. The predicted molar refractivity (Wildman–Crippen MR) is 94.9 cm³/mol. The number of hydrogen-bond acceptors (Lipinski definition) is 3. The maximum Gasteiger partial charge on any atom is 0.119 e. The summed E-state index contributed by atoms with van der Waals surface area (Å²) < 4.78 is 12.7. The largest absolute Gasteiger partial charge is 0.494 e. The highest BCUT2D eigenvalue weighted by atomic mass is 79.9. The average Bonchev–Trinajstić information content (AvgIpc) is 3.05. The van der Waals surface area contributed by atoms with Crippen molar-refractivity contribution in [1.29, 1.82) is 0 Å². The average molecular weight is 374 g/mol. The van der Waals surface area contributed by atoms with Crippen molar-refractivity contribution in [2.24, 2.45) is 5.92 Å². The normalized spacial score (nSPS) is 25.4. The van der Waals surface area contributed by atoms with Crippen molar-refractivity contribution in [1.82, 2.24) is 0 Å². The molecule has 3 nitrogen and oxygen atoms in total. The van der Waals surface area contributed by atoms with E-state index in [1.165, 1.54) is 16.8 Å². The minimum absolute atomic E-state index is 0.181. The van der Waals surface area contributed by atoms with E-state index in [-0.39, 0.29) is 12.1 Å². The van der Waals surface area contributed by atoms with E-state index in [1.807, 2.05) is 6.92 Å². The minimum atomic E-state index is 0.181. The molecule has 4 heteroatoms. The molecule has 0 saturated carbocycles. The summed E-state index contributed by atoms with van der Waals surface area (Å²) in [6, 6.07) is 15.1. The quantitative estimate of drug-likeness (QED) is 0.812. The zero-order valence-electron chi connectivity index (χ0n) is 13.1. The van der Waals surface area contributed by atoms with Crippen LogP contribution in [-0.2, 0) is 4.74 Å². The van der Waals surface area contributed by atoms with Crippen LogP contribution in [0.2, 0.25) is 0 Å². The highest BCUT2D eigenvalue weighted by molar-refractivity contribution is 9.10. The van der Waals surface area contributed by atoms with Crippen LogP contribution in [0, 0.1) is 5.92 Å². The molecule has 2 aromatic carbocycles. The Kier molecular flexibility index (Phi) is 4.04. The number of fused-ring (bicyclic) bond motifs is 3. The van der Waals surface area contributed by atoms with Crippen molar-refractivity contribution in [3.8, 4) is 5.75 Å². The second kappa shape index (κ2) is 6.17. The third-order valence-electron chi connectivity index (χ3n) is 4.75. The van der Waals surface area contributed by atoms with Crippen LogP contribution in [0.5, 0.6) is 5.75 Å². The second-order valence-corrected chi connectivity index (χ2v) is 7.02. The Morgan fingerprint density at radius 1 is 1.22 bits per heavy atom. The van der Waals surface area contributed by atoms with E-state index < -0.39 is 0 Å². The van der Waals surface area contributed by atoms with Crippen LogP contribution >= 0.6 is 15.9 Å². The lowest BCUT2D eigenvalue weighted by Crippen LogP contribution is -2.29. The van der Waals surface area contributed by atoms with Gasteiger partial charge in [0.15, 0.2) is 0 Å². The predicted octanol–water partition coefficient (Wildman–Crippen LogP) is 5.09. The van der Waals surface area contributed by atoms with E-state index in [2.05, 4.69) is 63.7 Å². The van der Waals surface area contributed by atoms with Gasteiger partial charge in [-0.05, 0) is 49.2 Å². The fourth-order valence-corrected chi connectivity index (χ4v) is 4.09. The molecular weight excluding hydrogens is 354 g/mol. The summed E-state index contributed by atoms with van der Waals surface area (Å²) >= 11 is 3.57. The van der Waals surface area contributed by atoms with Crippen LogP contribution in [0.4, 0.5) is 5.69 Å². The Hall–Kier alpha value is -1.52. The van der Waals surface area contributed by atoms with Gasteiger partial charge in [0.25, 0.3) is 0 Å². The number of anilines is 1. The zero-order chi connectivity index (χ0) is 15.8. The van der Waals surface area contributed by atoms with Gasteiger partial charge in [0, 0.05) is 28.2 Å². The highest BCUT2D eigenvalue weighted by Crippen LogP contribution is 2.50. The summed E-state index contributed by atoms with van der Waals surface area (Å²) in [5.74, 6) is 1.39. The lowest BCUT2D eigenvalue weighted by molar-refractivity contribution is 0.0829. The molecule has 0 aromatic heterocycles. The van der Waals surface area contributed by atoms with E-state index in [0.717, 1.165) is 23.2 Å². The topological polar surface area (TPSA) is 30.5 Å². The zero-order valence-corrected chi connectivity index (χ0v) is 14.7. The standard InChI is InChI=1S/C19H20BrNO2/c1-2-22-14-6-3-12(4-7-14)18-15-9-10-23-19(15)16-11-13(20)5-8-17(16)21-18/h3-8,11,15,18-19,21H,2,9-10H2,1H3/t15-,18+,19-/m0/s1. The van der Waals surface area contributed by atoms with Gasteiger partial charge in [0.05, 0.1) is 18.8 Å². The molecular formula is C19H20BrNO2. The first kappa shape index (κ1) is 15.0. The summed E-state index contributed by atoms with van der Waals surface area (Å²) in [6.45, 7) is 3.53. The van der Waals surface area contributed by atoms with E-state index in [9.17, 15) is 0 Å². The Bertz CT molecular complexity index is 701. The lowest BCUT2D eigenvalue weighted by atomic mass is 9.81. The van der Waals surface area contributed by atoms with Gasteiger partial charge in [-0.25, -0.2) is 0 Å². The van der Waals surface area contributed by atoms with Gasteiger partial charge < -0.3 is 14.8 Å². The molecule has 0 aliphatic carbocycles. The molecule has 0 bridgehead atoms. The fourth-order valence-electron chi connectivity index (χ4n) is 3.71. The van der Waals surface area contributed by atoms with Crippen LogP contribution in [0.3, 0.4) is 0 Å². The number of benzene rings is 2. The monoisotopic (exact) mass is 373 g/mol. The first-order valence-corrected chi connectivity index (χ1v) is 8.96. The molecule has 1 fully saturated rings. The van der Waals surface area contributed by atoms with Crippen LogP contribution < -0.4 is 10.1 Å². The van der Waals surface area contributed by atoms with Crippen molar-refractivity contribution >= 4 is 21.6 Å². The van der Waals surface area contributed by atoms with E-state index in [0.29, 0.717) is 12.5 Å². The molecule has 0 radical (unpaired) electrons. The first-order valence-electron chi connectivity index (χ1n) is 8.16. The molecule has 1 saturated heterocycles. The summed E-state index contributed by atoms with van der Waals surface area (Å²) in [6.07, 6.45) is 1.27. The van der Waals surface area contributed by atoms with Crippen molar-refractivity contribution in [3.63, 3.8) is 0 Å². The molecule has 3 atom stereocenters. The van der Waals surface area contributed by atoms with E-state index in [1.54, 1.807) is 0 Å². The number of halogens is 1. The van der Waals surface area contributed by atoms with Crippen LogP contribution in [-0.4, -0.2) is 13.2 Å². The molecule has 2 heterocycles. The minimum Gasteiger partial charge on any atom is -0.494 e. The van der Waals surface area contributed by atoms with Crippen molar-refractivity contribution in [2.75, 3.05) is 18.5 Å². The maximum absolute atomic E-state index is 6.07. The van der Waals surface area contributed by atoms with Crippen molar-refractivity contribution in [3.05, 3.63) is 58.1 Å². The molecule has 2 aromatic rings. The fraction of sp³-hybridized carbons (Fsp3) is 0.368. The molecule has 2 aliphatic heterocycles. The van der Waals surface area contributed by atoms with Gasteiger partial charge in [0.2, 0.25) is 0 Å². The molecule has 0 amide bonds. The van der Waals surface area contributed by atoms with Crippen molar-refractivity contribution in [2.45, 2.75) is 25.5 Å². The van der Waals surface area contributed by atoms with Crippen molar-refractivity contribution < 1.29 is 9.47 Å². The first-order chi connectivity index (χ1) is 11.3. The van der Waals surface area contributed by atoms with Gasteiger partial charge in [0.1, 0.15) is 5.75 Å². The van der Waals surface area contributed by atoms with Gasteiger partial charge in [-0.1, -0.05) is 28.1 Å². The smallest absolute Gasteiger partial charge is 0.119 e. The SMILES string of the molecule is CCOc1ccc([C@H]2Nc3ccc(Br)cc3[C@H]3OCC[C@@H]23)cc1. The maximum atomic E-state index is 6.07. The molecule has 0 unspecified atom stereocenters. The summed E-state index contributed by atoms with van der Waals surface area (Å²) in [4.78, 5) is 0. The molecule has 23 heavy (non-hydrogen) atoms. The Morgan fingerprint density at radius 3 is 2.83 bits per heavy atom. The Balaban J connectivity index is 1.68. The third kappa shape index (κ3) is 2.74. The summed E-state index contributed by atoms with van der Waals surface area (Å²) in [7, 11) is 0. The van der Waals surface area contributed by atoms with Gasteiger partial charge >= 0.3 is 0 Å². The number of hydrogen-bond donors (Lipinski definition) is 1. The van der Waals surface area contributed by atoms with Gasteiger partial charge in [-0.2, -0.15) is 0 Å². The Morgan fingerprint density at radius 2 is 2.04 bits per heavy atom. The highest BCUT2D eigenvalue weighted by Gasteiger charge is 2.41. The summed E-state index contributed by atoms with van der Waals surface area (Å²) in [5, 5.41) is 3.72. The van der Waals surface area contributed by atoms with Gasteiger partial charge in [-0.3, -0.25) is 0 Å². The number of ether oxygens (including phenoxy) is 2. The molecule has 4 rings (SSSR count). The van der Waals surface area contributed by atoms with Crippen LogP contribution in [0.25, 0.3) is 0 Å². The van der Waals surface area contributed by atoms with Crippen LogP contribution in [0.15, 0.2) is 46.9 Å². The molecule has 1 N–H and O–H groups in total. The number of rotatable bonds is 3. The number of nitrogens with one attached hydrogen (secondary N) is 1. The Labute approximate surface area is 145 Å². The third-order valence-corrected chi connectivity index (χ3v) is 5.24. The van der Waals surface area contributed by atoms with E-state index in [4.69, 9.17) is 9.47 Å². The molecule has 0 spiro atoms. The van der Waals surface area contributed by atoms with Gasteiger partial charge in [-0.15, -0.1) is 0 Å². The molecule has 120 valence electrons. The van der Waals surface area contributed by atoms with Crippen LogP contribution in [0.1, 0.15) is 36.6 Å². The summed E-state index contributed by atoms with van der Waals surface area (Å²) in [5.41, 5.74) is 3.74.